The van der Waals surface area contributed by atoms with Crippen LogP contribution >= 0.6 is 0 Å². The fourth-order valence-electron chi connectivity index (χ4n) is 1.77. The van der Waals surface area contributed by atoms with E-state index in [2.05, 4.69) is 10.4 Å². The number of aromatic nitrogens is 2. The lowest BCUT2D eigenvalue weighted by Crippen LogP contribution is -2.03. The van der Waals surface area contributed by atoms with Crippen molar-refractivity contribution in [1.82, 2.24) is 9.78 Å². The molecule has 0 fully saturated rings. The molecule has 7 nitrogen and oxygen atoms in total. The third kappa shape index (κ3) is 3.05. The van der Waals surface area contributed by atoms with Gasteiger partial charge in [0.15, 0.2) is 0 Å². The smallest absolute Gasteiger partial charge is 0.296 e. The maximum Gasteiger partial charge on any atom is 0.296 e. The summed E-state index contributed by atoms with van der Waals surface area (Å²) in [6.45, 7) is 4.47. The van der Waals surface area contributed by atoms with Gasteiger partial charge in [-0.2, -0.15) is 5.10 Å². The summed E-state index contributed by atoms with van der Waals surface area (Å²) >= 11 is 0. The van der Waals surface area contributed by atoms with E-state index in [0.717, 1.165) is 11.6 Å². The van der Waals surface area contributed by atoms with Gasteiger partial charge in [-0.05, 0) is 26.0 Å². The van der Waals surface area contributed by atoms with E-state index in [-0.39, 0.29) is 17.5 Å². The molecule has 0 saturated heterocycles. The average Bonchev–Trinajstić information content (AvgIpc) is 2.86. The highest BCUT2D eigenvalue weighted by atomic mass is 16.6. The molecule has 0 unspecified atom stereocenters. The van der Waals surface area contributed by atoms with E-state index in [1.807, 2.05) is 24.7 Å². The molecule has 0 spiro atoms. The normalized spacial score (nSPS) is 10.8. The van der Waals surface area contributed by atoms with Gasteiger partial charge >= 0.3 is 0 Å². The van der Waals surface area contributed by atoms with Gasteiger partial charge < -0.3 is 10.4 Å². The van der Waals surface area contributed by atoms with Gasteiger partial charge in [-0.1, -0.05) is 0 Å². The maximum atomic E-state index is 10.9. The Labute approximate surface area is 116 Å². The van der Waals surface area contributed by atoms with Crippen molar-refractivity contribution in [2.24, 2.45) is 0 Å². The molecular formula is C13H16N4O3. The summed E-state index contributed by atoms with van der Waals surface area (Å²) in [4.78, 5) is 10.4. The van der Waals surface area contributed by atoms with Gasteiger partial charge in [0.05, 0.1) is 17.2 Å². The predicted molar refractivity (Wildman–Crippen MR) is 74.7 cm³/mol. The Morgan fingerprint density at radius 3 is 2.85 bits per heavy atom. The highest BCUT2D eigenvalue weighted by molar-refractivity contribution is 5.63. The van der Waals surface area contributed by atoms with E-state index in [1.54, 1.807) is 6.20 Å². The lowest BCUT2D eigenvalue weighted by atomic mass is 10.2. The molecule has 0 radical (unpaired) electrons. The van der Waals surface area contributed by atoms with Crippen LogP contribution in [0.3, 0.4) is 0 Å². The predicted octanol–water partition coefficient (Wildman–Crippen LogP) is 2.69. The minimum absolute atomic E-state index is 0.130. The first kappa shape index (κ1) is 13.9. The number of aromatic hydroxyl groups is 1. The fourth-order valence-corrected chi connectivity index (χ4v) is 1.77. The van der Waals surface area contributed by atoms with E-state index in [9.17, 15) is 15.2 Å². The number of nitro benzene ring substituents is 1. The number of anilines is 1. The third-order valence-corrected chi connectivity index (χ3v) is 2.85. The summed E-state index contributed by atoms with van der Waals surface area (Å²) in [5.74, 6) is -0.130. The van der Waals surface area contributed by atoms with Crippen LogP contribution in [0.1, 0.15) is 25.5 Å². The third-order valence-electron chi connectivity index (χ3n) is 2.85. The summed E-state index contributed by atoms with van der Waals surface area (Å²) < 4.78 is 1.82. The lowest BCUT2D eigenvalue weighted by Gasteiger charge is -2.06. The maximum absolute atomic E-state index is 10.9. The first-order valence-electron chi connectivity index (χ1n) is 6.21. The highest BCUT2D eigenvalue weighted by Gasteiger charge is 2.14. The Hall–Kier alpha value is -2.57. The second kappa shape index (κ2) is 5.60. The van der Waals surface area contributed by atoms with Crippen molar-refractivity contribution >= 4 is 11.4 Å². The van der Waals surface area contributed by atoms with Crippen LogP contribution in [0.5, 0.6) is 5.75 Å². The van der Waals surface area contributed by atoms with E-state index >= 15 is 0 Å². The summed E-state index contributed by atoms with van der Waals surface area (Å²) in [5.41, 5.74) is 1.15. The molecule has 0 aliphatic rings. The summed E-state index contributed by atoms with van der Waals surface area (Å²) in [6, 6.07) is 4.29. The quantitative estimate of drug-likeness (QED) is 0.497. The Bertz CT molecular complexity index is 622. The van der Waals surface area contributed by atoms with E-state index in [1.165, 1.54) is 12.1 Å². The molecular weight excluding hydrogens is 260 g/mol. The molecule has 1 aromatic heterocycles. The number of nitrogens with one attached hydrogen (secondary N) is 1. The van der Waals surface area contributed by atoms with Crippen LogP contribution in [-0.2, 0) is 6.54 Å². The molecule has 2 aromatic rings. The van der Waals surface area contributed by atoms with Crippen molar-refractivity contribution < 1.29 is 10.0 Å². The number of nitrogens with zero attached hydrogens (tertiary/aromatic N) is 3. The summed E-state index contributed by atoms with van der Waals surface area (Å²) in [6.07, 6.45) is 3.61. The average molecular weight is 276 g/mol. The van der Waals surface area contributed by atoms with Gasteiger partial charge in [0.1, 0.15) is 11.4 Å². The molecule has 0 aliphatic carbocycles. The van der Waals surface area contributed by atoms with Crippen molar-refractivity contribution in [2.45, 2.75) is 26.4 Å². The van der Waals surface area contributed by atoms with Crippen molar-refractivity contribution in [1.29, 1.82) is 0 Å². The minimum Gasteiger partial charge on any atom is -0.508 e. The van der Waals surface area contributed by atoms with Gasteiger partial charge in [0.25, 0.3) is 5.69 Å². The van der Waals surface area contributed by atoms with Gasteiger partial charge in [-0.15, -0.1) is 0 Å². The first-order chi connectivity index (χ1) is 9.47. The van der Waals surface area contributed by atoms with Crippen LogP contribution < -0.4 is 5.32 Å². The molecule has 0 saturated carbocycles. The molecule has 0 aliphatic heterocycles. The molecule has 20 heavy (non-hydrogen) atoms. The summed E-state index contributed by atoms with van der Waals surface area (Å²) in [5, 5.41) is 27.4. The number of benzene rings is 1. The monoisotopic (exact) mass is 276 g/mol. The zero-order valence-electron chi connectivity index (χ0n) is 11.3. The lowest BCUT2D eigenvalue weighted by molar-refractivity contribution is -0.384. The van der Waals surface area contributed by atoms with E-state index in [4.69, 9.17) is 0 Å². The SMILES string of the molecule is CC(C)n1cc(CNc2ccc(O)cc2[N+](=O)[O-])cn1. The van der Waals surface area contributed by atoms with Gasteiger partial charge in [-0.3, -0.25) is 14.8 Å². The molecule has 0 amide bonds. The van der Waals surface area contributed by atoms with E-state index < -0.39 is 4.92 Å². The number of hydrogen-bond acceptors (Lipinski definition) is 5. The minimum atomic E-state index is -0.528. The number of rotatable bonds is 5. The van der Waals surface area contributed by atoms with Crippen molar-refractivity contribution in [3.8, 4) is 5.75 Å². The molecule has 1 heterocycles. The summed E-state index contributed by atoms with van der Waals surface area (Å²) in [7, 11) is 0. The van der Waals surface area contributed by atoms with Crippen LogP contribution in [0.25, 0.3) is 0 Å². The standard InChI is InChI=1S/C13H16N4O3/c1-9(2)16-8-10(7-15-16)6-14-12-4-3-11(18)5-13(12)17(19)20/h3-5,7-9,14,18H,6H2,1-2H3. The molecule has 2 N–H and O–H groups in total. The second-order valence-electron chi connectivity index (χ2n) is 4.73. The topological polar surface area (TPSA) is 93.2 Å². The Morgan fingerprint density at radius 1 is 1.50 bits per heavy atom. The van der Waals surface area contributed by atoms with Crippen LogP contribution in [-0.4, -0.2) is 19.8 Å². The first-order valence-corrected chi connectivity index (χ1v) is 6.21. The second-order valence-corrected chi connectivity index (χ2v) is 4.73. The van der Waals surface area contributed by atoms with Crippen LogP contribution in [0, 0.1) is 10.1 Å². The Kier molecular flexibility index (Phi) is 3.88. The molecule has 0 bridgehead atoms. The molecule has 1 aromatic carbocycles. The zero-order chi connectivity index (χ0) is 14.7. The Balaban J connectivity index is 2.12. The van der Waals surface area contributed by atoms with Gasteiger partial charge in [0.2, 0.25) is 0 Å². The van der Waals surface area contributed by atoms with Crippen molar-refractivity contribution in [3.63, 3.8) is 0 Å². The van der Waals surface area contributed by atoms with E-state index in [0.29, 0.717) is 12.2 Å². The van der Waals surface area contributed by atoms with Crippen molar-refractivity contribution in [2.75, 3.05) is 5.32 Å². The molecule has 0 atom stereocenters. The van der Waals surface area contributed by atoms with Gasteiger partial charge in [-0.25, -0.2) is 0 Å². The van der Waals surface area contributed by atoms with Crippen LogP contribution in [0.15, 0.2) is 30.6 Å². The Morgan fingerprint density at radius 2 is 2.25 bits per heavy atom. The number of phenols is 1. The molecule has 7 heteroatoms. The molecule has 2 rings (SSSR count). The number of hydrogen-bond donors (Lipinski definition) is 2. The number of nitro groups is 1. The largest absolute Gasteiger partial charge is 0.508 e. The number of phenolic OH excluding ortho intramolecular Hbond substituents is 1. The molecule has 106 valence electrons. The highest BCUT2D eigenvalue weighted by Crippen LogP contribution is 2.28. The van der Waals surface area contributed by atoms with Crippen LogP contribution in [0.2, 0.25) is 0 Å². The van der Waals surface area contributed by atoms with Gasteiger partial charge in [0, 0.05) is 24.3 Å². The van der Waals surface area contributed by atoms with Crippen molar-refractivity contribution in [3.05, 3.63) is 46.3 Å². The zero-order valence-corrected chi connectivity index (χ0v) is 11.3. The van der Waals surface area contributed by atoms with Crippen LogP contribution in [0.4, 0.5) is 11.4 Å². The fraction of sp³-hybridized carbons (Fsp3) is 0.308.